The number of aromatic nitrogens is 4. The number of anilines is 1. The molecule has 0 aliphatic carbocycles. The maximum Gasteiger partial charge on any atom is 0.267 e. The minimum absolute atomic E-state index is 0.319. The Balaban J connectivity index is 1.87. The van der Waals surface area contributed by atoms with Gasteiger partial charge in [0.05, 0.1) is 11.4 Å². The average molecular weight is 341 g/mol. The summed E-state index contributed by atoms with van der Waals surface area (Å²) in [6.45, 7) is 3.48. The smallest absolute Gasteiger partial charge is 0.267 e. The number of amides is 1. The van der Waals surface area contributed by atoms with Crippen LogP contribution >= 0.6 is 11.5 Å². The first-order valence-electron chi connectivity index (χ1n) is 7.29. The van der Waals surface area contributed by atoms with E-state index in [0.29, 0.717) is 10.7 Å². The zero-order valence-corrected chi connectivity index (χ0v) is 13.9. The molecule has 0 radical (unpaired) electrons. The summed E-state index contributed by atoms with van der Waals surface area (Å²) in [5.74, 6) is -0.319. The van der Waals surface area contributed by atoms with Crippen LogP contribution in [0.4, 0.5) is 5.00 Å². The van der Waals surface area contributed by atoms with E-state index >= 15 is 0 Å². The standard InChI is InChI=1S/C16H15N5O2S/c1-10-9-14(24-20-10)18-16(23)11(2)21-15(22)4-3-13(19-21)12-5-7-17-8-6-12/h3-9,11H,1-2H3,(H,18,23). The van der Waals surface area contributed by atoms with Crippen LogP contribution in [0.3, 0.4) is 0 Å². The highest BCUT2D eigenvalue weighted by atomic mass is 32.1. The third-order valence-corrected chi connectivity index (χ3v) is 4.22. The Morgan fingerprint density at radius 3 is 2.67 bits per heavy atom. The van der Waals surface area contributed by atoms with Gasteiger partial charge in [0.2, 0.25) is 5.91 Å². The van der Waals surface area contributed by atoms with Crippen LogP contribution in [-0.2, 0) is 4.79 Å². The van der Waals surface area contributed by atoms with Crippen molar-refractivity contribution in [3.05, 3.63) is 58.8 Å². The monoisotopic (exact) mass is 341 g/mol. The Morgan fingerprint density at radius 2 is 2.00 bits per heavy atom. The Hall–Kier alpha value is -2.87. The summed E-state index contributed by atoms with van der Waals surface area (Å²) in [6.07, 6.45) is 3.30. The first kappa shape index (κ1) is 16.0. The zero-order valence-electron chi connectivity index (χ0n) is 13.1. The molecule has 0 aromatic carbocycles. The maximum absolute atomic E-state index is 12.4. The van der Waals surface area contributed by atoms with Crippen molar-refractivity contribution in [1.29, 1.82) is 0 Å². The number of carbonyl (C=O) groups excluding carboxylic acids is 1. The Kier molecular flexibility index (Phi) is 4.48. The maximum atomic E-state index is 12.4. The number of nitrogens with zero attached hydrogens (tertiary/aromatic N) is 4. The van der Waals surface area contributed by atoms with E-state index in [1.807, 2.05) is 6.92 Å². The molecule has 3 rings (SSSR count). The van der Waals surface area contributed by atoms with Crippen LogP contribution in [0.1, 0.15) is 18.7 Å². The second kappa shape index (κ2) is 6.71. The van der Waals surface area contributed by atoms with E-state index in [9.17, 15) is 9.59 Å². The topological polar surface area (TPSA) is 89.8 Å². The van der Waals surface area contributed by atoms with Gasteiger partial charge < -0.3 is 5.32 Å². The molecule has 0 saturated carbocycles. The van der Waals surface area contributed by atoms with Crippen molar-refractivity contribution in [2.75, 3.05) is 5.32 Å². The molecule has 0 saturated heterocycles. The number of pyridine rings is 1. The molecule has 3 aromatic heterocycles. The Morgan fingerprint density at radius 1 is 1.25 bits per heavy atom. The van der Waals surface area contributed by atoms with Crippen LogP contribution in [-0.4, -0.2) is 25.0 Å². The fraction of sp³-hybridized carbons (Fsp3) is 0.188. The highest BCUT2D eigenvalue weighted by Gasteiger charge is 2.19. The summed E-state index contributed by atoms with van der Waals surface area (Å²) in [5.41, 5.74) is 1.92. The van der Waals surface area contributed by atoms with Gasteiger partial charge in [-0.25, -0.2) is 4.68 Å². The summed E-state index contributed by atoms with van der Waals surface area (Å²) < 4.78 is 5.29. The molecule has 7 nitrogen and oxygen atoms in total. The molecule has 0 bridgehead atoms. The predicted octanol–water partition coefficient (Wildman–Crippen LogP) is 2.27. The van der Waals surface area contributed by atoms with Crippen molar-refractivity contribution >= 4 is 22.4 Å². The van der Waals surface area contributed by atoms with Crippen LogP contribution in [0.2, 0.25) is 0 Å². The van der Waals surface area contributed by atoms with Crippen molar-refractivity contribution < 1.29 is 4.79 Å². The van der Waals surface area contributed by atoms with Crippen LogP contribution < -0.4 is 10.9 Å². The Labute approximate surface area is 142 Å². The van der Waals surface area contributed by atoms with E-state index in [1.54, 1.807) is 43.6 Å². The molecule has 0 aliphatic rings. The van der Waals surface area contributed by atoms with E-state index in [2.05, 4.69) is 19.8 Å². The van der Waals surface area contributed by atoms with E-state index in [0.717, 1.165) is 11.3 Å². The number of nitrogens with one attached hydrogen (secondary N) is 1. The van der Waals surface area contributed by atoms with Crippen LogP contribution in [0.5, 0.6) is 0 Å². The lowest BCUT2D eigenvalue weighted by molar-refractivity contribution is -0.119. The quantitative estimate of drug-likeness (QED) is 0.786. The van der Waals surface area contributed by atoms with Crippen molar-refractivity contribution in [1.82, 2.24) is 19.1 Å². The van der Waals surface area contributed by atoms with Crippen LogP contribution in [0.25, 0.3) is 11.3 Å². The second-order valence-corrected chi connectivity index (χ2v) is 6.04. The number of carbonyl (C=O) groups is 1. The molecule has 122 valence electrons. The molecular weight excluding hydrogens is 326 g/mol. The number of hydrogen-bond donors (Lipinski definition) is 1. The lowest BCUT2D eigenvalue weighted by Gasteiger charge is -2.14. The van der Waals surface area contributed by atoms with Gasteiger partial charge in [-0.2, -0.15) is 9.47 Å². The number of rotatable bonds is 4. The summed E-state index contributed by atoms with van der Waals surface area (Å²) in [7, 11) is 0. The molecule has 1 atom stereocenters. The minimum atomic E-state index is -0.748. The van der Waals surface area contributed by atoms with Gasteiger partial charge >= 0.3 is 0 Å². The molecule has 3 aromatic rings. The minimum Gasteiger partial charge on any atom is -0.315 e. The van der Waals surface area contributed by atoms with E-state index in [1.165, 1.54) is 22.3 Å². The molecule has 0 fully saturated rings. The molecule has 0 spiro atoms. The van der Waals surface area contributed by atoms with Gasteiger partial charge in [0.1, 0.15) is 11.0 Å². The molecular formula is C16H15N5O2S. The normalized spacial score (nSPS) is 11.9. The van der Waals surface area contributed by atoms with Crippen molar-refractivity contribution in [2.45, 2.75) is 19.9 Å². The van der Waals surface area contributed by atoms with Crippen molar-refractivity contribution in [3.63, 3.8) is 0 Å². The third kappa shape index (κ3) is 3.38. The SMILES string of the molecule is Cc1cc(NC(=O)C(C)n2nc(-c3ccncc3)ccc2=O)sn1. The van der Waals surface area contributed by atoms with Gasteiger partial charge in [-0.1, -0.05) is 0 Å². The van der Waals surface area contributed by atoms with E-state index in [-0.39, 0.29) is 11.5 Å². The van der Waals surface area contributed by atoms with Gasteiger partial charge in [0.15, 0.2) is 0 Å². The summed E-state index contributed by atoms with van der Waals surface area (Å²) in [4.78, 5) is 28.4. The summed E-state index contributed by atoms with van der Waals surface area (Å²) in [6, 6.07) is 7.65. The summed E-state index contributed by atoms with van der Waals surface area (Å²) >= 11 is 1.20. The molecule has 3 heterocycles. The molecule has 0 aliphatic heterocycles. The summed E-state index contributed by atoms with van der Waals surface area (Å²) in [5, 5.41) is 7.71. The largest absolute Gasteiger partial charge is 0.315 e. The van der Waals surface area contributed by atoms with Crippen molar-refractivity contribution in [3.8, 4) is 11.3 Å². The molecule has 1 amide bonds. The fourth-order valence-electron chi connectivity index (χ4n) is 2.14. The van der Waals surface area contributed by atoms with E-state index < -0.39 is 6.04 Å². The van der Waals surface area contributed by atoms with Gasteiger partial charge in [0.25, 0.3) is 5.56 Å². The van der Waals surface area contributed by atoms with Crippen LogP contribution in [0.15, 0.2) is 47.5 Å². The highest BCUT2D eigenvalue weighted by molar-refractivity contribution is 7.10. The van der Waals surface area contributed by atoms with Gasteiger partial charge in [0, 0.05) is 24.0 Å². The van der Waals surface area contributed by atoms with Crippen molar-refractivity contribution in [2.24, 2.45) is 0 Å². The number of hydrogen-bond acceptors (Lipinski definition) is 6. The fourth-order valence-corrected chi connectivity index (χ4v) is 2.80. The van der Waals surface area contributed by atoms with Gasteiger partial charge in [-0.05, 0) is 49.6 Å². The molecule has 24 heavy (non-hydrogen) atoms. The van der Waals surface area contributed by atoms with Crippen LogP contribution in [0, 0.1) is 6.92 Å². The molecule has 8 heteroatoms. The number of aryl methyl sites for hydroxylation is 1. The lowest BCUT2D eigenvalue weighted by atomic mass is 10.2. The van der Waals surface area contributed by atoms with E-state index in [4.69, 9.17) is 0 Å². The second-order valence-electron chi connectivity index (χ2n) is 5.24. The predicted molar refractivity (Wildman–Crippen MR) is 91.9 cm³/mol. The highest BCUT2D eigenvalue weighted by Crippen LogP contribution is 2.18. The zero-order chi connectivity index (χ0) is 17.1. The van der Waals surface area contributed by atoms with Gasteiger partial charge in [-0.15, -0.1) is 0 Å². The van der Waals surface area contributed by atoms with Gasteiger partial charge in [-0.3, -0.25) is 14.6 Å². The first-order chi connectivity index (χ1) is 11.5. The molecule has 1 unspecified atom stereocenters. The molecule has 1 N–H and O–H groups in total. The first-order valence-corrected chi connectivity index (χ1v) is 8.06. The Bertz CT molecular complexity index is 919. The average Bonchev–Trinajstić information content (AvgIpc) is 3.00. The third-order valence-electron chi connectivity index (χ3n) is 3.42. The lowest BCUT2D eigenvalue weighted by Crippen LogP contribution is -2.33.